The van der Waals surface area contributed by atoms with Gasteiger partial charge in [0.1, 0.15) is 5.75 Å². The number of carbonyl (C=O) groups excluding carboxylic acids is 1. The minimum atomic E-state index is -0.323. The Labute approximate surface area is 136 Å². The topological polar surface area (TPSA) is 56.8 Å². The van der Waals surface area contributed by atoms with Crippen molar-refractivity contribution in [3.63, 3.8) is 0 Å². The summed E-state index contributed by atoms with van der Waals surface area (Å²) in [5.41, 5.74) is 0.511. The van der Waals surface area contributed by atoms with Crippen LogP contribution in [-0.4, -0.2) is 19.3 Å². The van der Waals surface area contributed by atoms with Crippen LogP contribution in [0.15, 0.2) is 36.4 Å². The largest absolute Gasteiger partial charge is 0.484 e. The van der Waals surface area contributed by atoms with Crippen LogP contribution in [0.4, 0.5) is 5.69 Å². The van der Waals surface area contributed by atoms with Crippen LogP contribution in [0.1, 0.15) is 0 Å². The van der Waals surface area contributed by atoms with E-state index < -0.39 is 0 Å². The maximum Gasteiger partial charge on any atom is 0.262 e. The molecule has 1 aliphatic heterocycles. The second-order valence-electron chi connectivity index (χ2n) is 4.51. The average Bonchev–Trinajstić information content (AvgIpc) is 2.91. The molecule has 0 spiro atoms. The fourth-order valence-electron chi connectivity index (χ4n) is 1.94. The van der Waals surface area contributed by atoms with Crippen molar-refractivity contribution in [3.05, 3.63) is 46.4 Å². The van der Waals surface area contributed by atoms with Gasteiger partial charge in [-0.2, -0.15) is 0 Å². The van der Waals surface area contributed by atoms with E-state index >= 15 is 0 Å². The number of carbonyl (C=O) groups is 1. The molecule has 0 saturated carbocycles. The van der Waals surface area contributed by atoms with Gasteiger partial charge < -0.3 is 19.5 Å². The second-order valence-corrected chi connectivity index (χ2v) is 5.38. The molecule has 0 atom stereocenters. The van der Waals surface area contributed by atoms with Crippen molar-refractivity contribution < 1.29 is 19.0 Å². The Balaban J connectivity index is 1.58. The van der Waals surface area contributed by atoms with E-state index in [1.807, 2.05) is 0 Å². The van der Waals surface area contributed by atoms with Crippen molar-refractivity contribution in [1.29, 1.82) is 0 Å². The number of amides is 1. The first-order chi connectivity index (χ1) is 10.6. The van der Waals surface area contributed by atoms with Gasteiger partial charge in [-0.15, -0.1) is 0 Å². The highest BCUT2D eigenvalue weighted by Crippen LogP contribution is 2.35. The molecule has 0 unspecified atom stereocenters. The number of rotatable bonds is 4. The number of fused-ring (bicyclic) bond motifs is 1. The molecule has 1 aliphatic rings. The molecule has 0 aliphatic carbocycles. The van der Waals surface area contributed by atoms with Crippen LogP contribution in [-0.2, 0) is 4.79 Å². The first-order valence-corrected chi connectivity index (χ1v) is 7.14. The van der Waals surface area contributed by atoms with Crippen molar-refractivity contribution in [1.82, 2.24) is 0 Å². The van der Waals surface area contributed by atoms with E-state index in [2.05, 4.69) is 5.32 Å². The van der Waals surface area contributed by atoms with Gasteiger partial charge >= 0.3 is 0 Å². The van der Waals surface area contributed by atoms with Crippen LogP contribution in [0.5, 0.6) is 17.2 Å². The molecule has 0 aromatic heterocycles. The summed E-state index contributed by atoms with van der Waals surface area (Å²) >= 11 is 11.7. The zero-order valence-corrected chi connectivity index (χ0v) is 12.8. The van der Waals surface area contributed by atoms with E-state index in [4.69, 9.17) is 37.4 Å². The highest BCUT2D eigenvalue weighted by atomic mass is 35.5. The fourth-order valence-corrected chi connectivity index (χ4v) is 2.46. The predicted molar refractivity (Wildman–Crippen MR) is 83.2 cm³/mol. The smallest absolute Gasteiger partial charge is 0.262 e. The number of hydrogen-bond donors (Lipinski definition) is 1. The lowest BCUT2D eigenvalue weighted by Gasteiger charge is -2.08. The first kappa shape index (κ1) is 14.8. The van der Waals surface area contributed by atoms with E-state index in [9.17, 15) is 4.79 Å². The summed E-state index contributed by atoms with van der Waals surface area (Å²) < 4.78 is 15.8. The Morgan fingerprint density at radius 1 is 1.09 bits per heavy atom. The van der Waals surface area contributed by atoms with Gasteiger partial charge in [0.05, 0.1) is 0 Å². The molecule has 7 heteroatoms. The van der Waals surface area contributed by atoms with Gasteiger partial charge in [-0.05, 0) is 30.3 Å². The summed E-state index contributed by atoms with van der Waals surface area (Å²) in [6, 6.07) is 9.90. The summed E-state index contributed by atoms with van der Waals surface area (Å²) in [6.45, 7) is 0.0403. The van der Waals surface area contributed by atoms with Gasteiger partial charge in [0.15, 0.2) is 18.1 Å². The summed E-state index contributed by atoms with van der Waals surface area (Å²) in [7, 11) is 0. The van der Waals surface area contributed by atoms with Gasteiger partial charge in [0.25, 0.3) is 5.91 Å². The van der Waals surface area contributed by atoms with Crippen LogP contribution in [0.3, 0.4) is 0 Å². The molecular weight excluding hydrogens is 329 g/mol. The summed E-state index contributed by atoms with van der Waals surface area (Å²) in [6.07, 6.45) is 0. The van der Waals surface area contributed by atoms with Crippen molar-refractivity contribution in [2.45, 2.75) is 0 Å². The predicted octanol–water partition coefficient (Wildman–Crippen LogP) is 3.74. The maximum atomic E-state index is 11.9. The highest BCUT2D eigenvalue weighted by molar-refractivity contribution is 6.35. The van der Waals surface area contributed by atoms with Crippen LogP contribution in [0.25, 0.3) is 0 Å². The molecule has 0 radical (unpaired) electrons. The molecule has 5 nitrogen and oxygen atoms in total. The van der Waals surface area contributed by atoms with Gasteiger partial charge in [-0.1, -0.05) is 23.2 Å². The quantitative estimate of drug-likeness (QED) is 0.921. The summed E-state index contributed by atoms with van der Waals surface area (Å²) in [5, 5.41) is 3.55. The van der Waals surface area contributed by atoms with Crippen LogP contribution < -0.4 is 19.5 Å². The Hall–Kier alpha value is -2.11. The molecular formula is C15H11Cl2NO4. The lowest BCUT2D eigenvalue weighted by Crippen LogP contribution is -2.20. The molecule has 22 heavy (non-hydrogen) atoms. The number of nitrogens with one attached hydrogen (secondary N) is 1. The Bertz CT molecular complexity index is 700. The van der Waals surface area contributed by atoms with Crippen LogP contribution >= 0.6 is 23.2 Å². The van der Waals surface area contributed by atoms with Gasteiger partial charge in [-0.3, -0.25) is 4.79 Å². The molecule has 114 valence electrons. The average molecular weight is 340 g/mol. The normalized spacial score (nSPS) is 12.1. The number of benzene rings is 2. The number of hydrogen-bond acceptors (Lipinski definition) is 4. The SMILES string of the molecule is O=C(COc1ccc2c(c1)OCO2)Nc1cc(Cl)cc(Cl)c1. The number of ether oxygens (including phenoxy) is 3. The van der Waals surface area contributed by atoms with Crippen molar-refractivity contribution in [2.75, 3.05) is 18.7 Å². The Morgan fingerprint density at radius 2 is 1.82 bits per heavy atom. The third-order valence-electron chi connectivity index (χ3n) is 2.86. The number of halogens is 2. The van der Waals surface area contributed by atoms with Gasteiger partial charge in [-0.25, -0.2) is 0 Å². The Morgan fingerprint density at radius 3 is 2.59 bits per heavy atom. The first-order valence-electron chi connectivity index (χ1n) is 6.38. The minimum Gasteiger partial charge on any atom is -0.484 e. The third-order valence-corrected chi connectivity index (χ3v) is 3.30. The molecule has 0 bridgehead atoms. The summed E-state index contributed by atoms with van der Waals surface area (Å²) in [4.78, 5) is 11.9. The molecule has 2 aromatic carbocycles. The van der Waals surface area contributed by atoms with E-state index in [1.165, 1.54) is 0 Å². The van der Waals surface area contributed by atoms with E-state index in [-0.39, 0.29) is 19.3 Å². The maximum absolute atomic E-state index is 11.9. The molecule has 2 aromatic rings. The van der Waals surface area contributed by atoms with E-state index in [0.29, 0.717) is 33.0 Å². The minimum absolute atomic E-state index is 0.149. The Kier molecular flexibility index (Phi) is 4.27. The number of anilines is 1. The lowest BCUT2D eigenvalue weighted by atomic mass is 10.3. The molecule has 0 saturated heterocycles. The second kappa shape index (κ2) is 6.34. The van der Waals surface area contributed by atoms with Crippen molar-refractivity contribution in [3.8, 4) is 17.2 Å². The molecule has 1 heterocycles. The zero-order valence-electron chi connectivity index (χ0n) is 11.3. The van der Waals surface area contributed by atoms with Gasteiger partial charge in [0, 0.05) is 21.8 Å². The van der Waals surface area contributed by atoms with E-state index in [1.54, 1.807) is 36.4 Å². The highest BCUT2D eigenvalue weighted by Gasteiger charge is 2.14. The molecule has 3 rings (SSSR count). The van der Waals surface area contributed by atoms with Crippen molar-refractivity contribution in [2.24, 2.45) is 0 Å². The standard InChI is InChI=1S/C15H11Cl2NO4/c16-9-3-10(17)5-11(4-9)18-15(19)7-20-12-1-2-13-14(6-12)22-8-21-13/h1-6H,7-8H2,(H,18,19). The van der Waals surface area contributed by atoms with E-state index in [0.717, 1.165) is 0 Å². The van der Waals surface area contributed by atoms with Crippen LogP contribution in [0.2, 0.25) is 10.0 Å². The monoisotopic (exact) mass is 339 g/mol. The molecule has 1 amide bonds. The third kappa shape index (κ3) is 3.55. The zero-order chi connectivity index (χ0) is 15.5. The lowest BCUT2D eigenvalue weighted by molar-refractivity contribution is -0.118. The van der Waals surface area contributed by atoms with Gasteiger partial charge in [0.2, 0.25) is 6.79 Å². The fraction of sp³-hybridized carbons (Fsp3) is 0.133. The van der Waals surface area contributed by atoms with Crippen LogP contribution in [0, 0.1) is 0 Å². The molecule has 1 N–H and O–H groups in total. The van der Waals surface area contributed by atoms with Crippen molar-refractivity contribution >= 4 is 34.8 Å². The molecule has 0 fully saturated rings. The summed E-state index contributed by atoms with van der Waals surface area (Å²) in [5.74, 6) is 1.45.